The van der Waals surface area contributed by atoms with Crippen LogP contribution in [-0.4, -0.2) is 33.1 Å². The molecule has 0 atom stereocenters. The second-order valence-corrected chi connectivity index (χ2v) is 7.12. The fourth-order valence-electron chi connectivity index (χ4n) is 3.10. The molecular weight excluding hydrogens is 342 g/mol. The first-order valence-corrected chi connectivity index (χ1v) is 9.65. The van der Waals surface area contributed by atoms with Crippen LogP contribution < -0.4 is 4.90 Å². The highest BCUT2D eigenvalue weighted by molar-refractivity contribution is 7.08. The highest BCUT2D eigenvalue weighted by Crippen LogP contribution is 2.28. The van der Waals surface area contributed by atoms with E-state index in [1.165, 1.54) is 0 Å². The summed E-state index contributed by atoms with van der Waals surface area (Å²) in [6.45, 7) is 3.91. The molecule has 0 aliphatic heterocycles. The standard InChI is InChI=1S/C20H21N5S/c1-15-21-9-12-25(15)11-5-10-24(2)20-17-6-3-4-7-18(17)22-19(23-20)16-8-13-26-14-16/h3-4,6-9,12-14H,5,10-11H2,1-2H3. The van der Waals surface area contributed by atoms with Crippen LogP contribution in [0.15, 0.2) is 53.5 Å². The molecule has 1 aromatic carbocycles. The molecule has 132 valence electrons. The highest BCUT2D eigenvalue weighted by atomic mass is 32.1. The number of rotatable bonds is 6. The summed E-state index contributed by atoms with van der Waals surface area (Å²) in [6, 6.07) is 10.3. The fraction of sp³-hybridized carbons (Fsp3) is 0.250. The third-order valence-electron chi connectivity index (χ3n) is 4.54. The van der Waals surface area contributed by atoms with Gasteiger partial charge in [0.2, 0.25) is 0 Å². The highest BCUT2D eigenvalue weighted by Gasteiger charge is 2.13. The van der Waals surface area contributed by atoms with Gasteiger partial charge in [0.1, 0.15) is 11.6 Å². The third kappa shape index (κ3) is 3.32. The molecule has 0 unspecified atom stereocenters. The molecule has 0 fully saturated rings. The summed E-state index contributed by atoms with van der Waals surface area (Å²) in [7, 11) is 2.10. The molecule has 5 nitrogen and oxygen atoms in total. The quantitative estimate of drug-likeness (QED) is 0.510. The molecular formula is C20H21N5S. The first-order chi connectivity index (χ1) is 12.7. The predicted octanol–water partition coefficient (Wildman–Crippen LogP) is 4.39. The smallest absolute Gasteiger partial charge is 0.162 e. The molecule has 0 radical (unpaired) electrons. The van der Waals surface area contributed by atoms with Crippen molar-refractivity contribution in [1.82, 2.24) is 19.5 Å². The number of hydrogen-bond acceptors (Lipinski definition) is 5. The van der Waals surface area contributed by atoms with Crippen LogP contribution in [0, 0.1) is 6.92 Å². The zero-order valence-electron chi connectivity index (χ0n) is 15.0. The Kier molecular flexibility index (Phi) is 4.67. The van der Waals surface area contributed by atoms with Gasteiger partial charge in [-0.2, -0.15) is 11.3 Å². The van der Waals surface area contributed by atoms with Crippen molar-refractivity contribution in [3.8, 4) is 11.4 Å². The van der Waals surface area contributed by atoms with Gasteiger partial charge in [-0.15, -0.1) is 0 Å². The van der Waals surface area contributed by atoms with Gasteiger partial charge in [-0.3, -0.25) is 0 Å². The summed E-state index contributed by atoms with van der Waals surface area (Å²) >= 11 is 1.67. The van der Waals surface area contributed by atoms with Crippen LogP contribution in [0.25, 0.3) is 22.3 Å². The maximum absolute atomic E-state index is 4.88. The van der Waals surface area contributed by atoms with Gasteiger partial charge in [0.15, 0.2) is 5.82 Å². The maximum Gasteiger partial charge on any atom is 0.162 e. The lowest BCUT2D eigenvalue weighted by atomic mass is 10.2. The first kappa shape index (κ1) is 16.7. The molecule has 0 N–H and O–H groups in total. The van der Waals surface area contributed by atoms with Crippen molar-refractivity contribution < 1.29 is 0 Å². The van der Waals surface area contributed by atoms with Crippen molar-refractivity contribution in [3.05, 3.63) is 59.3 Å². The minimum absolute atomic E-state index is 0.789. The number of fused-ring (bicyclic) bond motifs is 1. The van der Waals surface area contributed by atoms with E-state index in [9.17, 15) is 0 Å². The number of thiophene rings is 1. The van der Waals surface area contributed by atoms with Crippen molar-refractivity contribution in [2.24, 2.45) is 0 Å². The van der Waals surface area contributed by atoms with E-state index in [0.717, 1.165) is 53.4 Å². The Balaban J connectivity index is 1.60. The fourth-order valence-corrected chi connectivity index (χ4v) is 3.73. The minimum atomic E-state index is 0.789. The average Bonchev–Trinajstić information content (AvgIpc) is 3.33. The van der Waals surface area contributed by atoms with E-state index in [4.69, 9.17) is 9.97 Å². The predicted molar refractivity (Wildman–Crippen MR) is 108 cm³/mol. The van der Waals surface area contributed by atoms with Crippen LogP contribution in [0.5, 0.6) is 0 Å². The number of anilines is 1. The van der Waals surface area contributed by atoms with Crippen LogP contribution in [0.4, 0.5) is 5.82 Å². The van der Waals surface area contributed by atoms with E-state index in [-0.39, 0.29) is 0 Å². The number of aromatic nitrogens is 4. The second kappa shape index (κ2) is 7.25. The number of hydrogen-bond donors (Lipinski definition) is 0. The number of aryl methyl sites for hydroxylation is 2. The number of para-hydroxylation sites is 1. The van der Waals surface area contributed by atoms with E-state index in [1.807, 2.05) is 31.5 Å². The summed E-state index contributed by atoms with van der Waals surface area (Å²) < 4.78 is 2.18. The van der Waals surface area contributed by atoms with Crippen molar-refractivity contribution in [2.75, 3.05) is 18.5 Å². The molecule has 0 saturated heterocycles. The Hall–Kier alpha value is -2.73. The lowest BCUT2D eigenvalue weighted by molar-refractivity contribution is 0.621. The lowest BCUT2D eigenvalue weighted by Gasteiger charge is -2.21. The zero-order chi connectivity index (χ0) is 17.9. The van der Waals surface area contributed by atoms with Crippen LogP contribution in [0.2, 0.25) is 0 Å². The minimum Gasteiger partial charge on any atom is -0.359 e. The van der Waals surface area contributed by atoms with E-state index >= 15 is 0 Å². The second-order valence-electron chi connectivity index (χ2n) is 6.34. The molecule has 0 aliphatic carbocycles. The third-order valence-corrected chi connectivity index (χ3v) is 5.22. The molecule has 26 heavy (non-hydrogen) atoms. The Bertz CT molecular complexity index is 1010. The summed E-state index contributed by atoms with van der Waals surface area (Å²) in [5, 5.41) is 5.24. The zero-order valence-corrected chi connectivity index (χ0v) is 15.8. The van der Waals surface area contributed by atoms with Crippen LogP contribution in [0.1, 0.15) is 12.2 Å². The lowest BCUT2D eigenvalue weighted by Crippen LogP contribution is -2.22. The van der Waals surface area contributed by atoms with Gasteiger partial charge in [-0.1, -0.05) is 12.1 Å². The van der Waals surface area contributed by atoms with Gasteiger partial charge in [0.25, 0.3) is 0 Å². The topological polar surface area (TPSA) is 46.8 Å². The molecule has 4 rings (SSSR count). The van der Waals surface area contributed by atoms with E-state index in [2.05, 4.69) is 50.5 Å². The summed E-state index contributed by atoms with van der Waals surface area (Å²) in [5.74, 6) is 2.83. The molecule has 3 heterocycles. The molecule has 0 bridgehead atoms. The Morgan fingerprint density at radius 3 is 2.81 bits per heavy atom. The van der Waals surface area contributed by atoms with Crippen molar-refractivity contribution >= 4 is 28.1 Å². The Morgan fingerprint density at radius 1 is 1.15 bits per heavy atom. The Morgan fingerprint density at radius 2 is 2.04 bits per heavy atom. The molecule has 6 heteroatoms. The SMILES string of the molecule is Cc1nccn1CCCN(C)c1nc(-c2ccsc2)nc2ccccc12. The number of nitrogens with zero attached hydrogens (tertiary/aromatic N) is 5. The number of imidazole rings is 1. The Labute approximate surface area is 157 Å². The molecule has 4 aromatic rings. The van der Waals surface area contributed by atoms with Crippen molar-refractivity contribution in [3.63, 3.8) is 0 Å². The summed E-state index contributed by atoms with van der Waals surface area (Å²) in [5.41, 5.74) is 2.06. The molecule has 0 saturated carbocycles. The van der Waals surface area contributed by atoms with Crippen LogP contribution in [-0.2, 0) is 6.54 Å². The summed E-state index contributed by atoms with van der Waals surface area (Å²) in [4.78, 5) is 16.1. The molecule has 0 spiro atoms. The first-order valence-electron chi connectivity index (χ1n) is 8.70. The number of benzene rings is 1. The molecule has 0 amide bonds. The summed E-state index contributed by atoms with van der Waals surface area (Å²) in [6.07, 6.45) is 4.91. The average molecular weight is 363 g/mol. The van der Waals surface area contributed by atoms with E-state index < -0.39 is 0 Å². The van der Waals surface area contributed by atoms with Gasteiger partial charge in [-0.25, -0.2) is 15.0 Å². The molecule has 3 aromatic heterocycles. The maximum atomic E-state index is 4.88. The van der Waals surface area contributed by atoms with Gasteiger partial charge in [0.05, 0.1) is 5.52 Å². The van der Waals surface area contributed by atoms with E-state index in [1.54, 1.807) is 11.3 Å². The largest absolute Gasteiger partial charge is 0.359 e. The van der Waals surface area contributed by atoms with Gasteiger partial charge >= 0.3 is 0 Å². The van der Waals surface area contributed by atoms with Crippen molar-refractivity contribution in [2.45, 2.75) is 19.9 Å². The normalized spacial score (nSPS) is 11.2. The van der Waals surface area contributed by atoms with Crippen molar-refractivity contribution in [1.29, 1.82) is 0 Å². The van der Waals surface area contributed by atoms with Gasteiger partial charge in [0, 0.05) is 48.9 Å². The monoisotopic (exact) mass is 363 g/mol. The van der Waals surface area contributed by atoms with E-state index in [0.29, 0.717) is 0 Å². The van der Waals surface area contributed by atoms with Gasteiger partial charge in [-0.05, 0) is 36.9 Å². The van der Waals surface area contributed by atoms with Gasteiger partial charge < -0.3 is 9.47 Å². The van der Waals surface area contributed by atoms with Crippen LogP contribution in [0.3, 0.4) is 0 Å². The molecule has 0 aliphatic rings. The van der Waals surface area contributed by atoms with Crippen LogP contribution >= 0.6 is 11.3 Å².